The molecule has 1 amide bonds. The molecule has 2 aliphatic heterocycles. The van der Waals surface area contributed by atoms with E-state index in [1.54, 1.807) is 41.0 Å². The van der Waals surface area contributed by atoms with Crippen LogP contribution in [0.5, 0.6) is 0 Å². The SMILES string of the molecule is O=C(Nc1ccc(S(=O)(=O)N2C[C@@H]3C[C@@H](C2)c2cccc(=O)n2C3)cc1)c1ccco1. The molecule has 2 atom stereocenters. The number of benzene rings is 1. The van der Waals surface area contributed by atoms with E-state index in [4.69, 9.17) is 4.42 Å². The molecule has 2 bridgehead atoms. The highest BCUT2D eigenvalue weighted by molar-refractivity contribution is 7.89. The zero-order valence-corrected chi connectivity index (χ0v) is 17.4. The van der Waals surface area contributed by atoms with E-state index in [1.165, 1.54) is 22.7 Å². The fourth-order valence-electron chi connectivity index (χ4n) is 4.51. The van der Waals surface area contributed by atoms with Gasteiger partial charge in [-0.05, 0) is 54.8 Å². The highest BCUT2D eigenvalue weighted by atomic mass is 32.2. The number of sulfonamides is 1. The van der Waals surface area contributed by atoms with Gasteiger partial charge >= 0.3 is 0 Å². The molecule has 1 saturated heterocycles. The second kappa shape index (κ2) is 7.51. The van der Waals surface area contributed by atoms with Gasteiger partial charge in [0.15, 0.2) is 5.76 Å². The zero-order valence-electron chi connectivity index (χ0n) is 16.6. The van der Waals surface area contributed by atoms with Crippen molar-refractivity contribution in [2.45, 2.75) is 23.8 Å². The Hall–Kier alpha value is -3.17. The number of nitrogens with zero attached hydrogens (tertiary/aromatic N) is 2. The van der Waals surface area contributed by atoms with Crippen LogP contribution >= 0.6 is 0 Å². The van der Waals surface area contributed by atoms with E-state index >= 15 is 0 Å². The summed E-state index contributed by atoms with van der Waals surface area (Å²) in [5, 5.41) is 2.68. The van der Waals surface area contributed by atoms with Gasteiger partial charge in [-0.25, -0.2) is 8.42 Å². The largest absolute Gasteiger partial charge is 0.459 e. The number of carbonyl (C=O) groups excluding carboxylic acids is 1. The second-order valence-corrected chi connectivity index (χ2v) is 9.91. The monoisotopic (exact) mass is 439 g/mol. The molecule has 1 aromatic carbocycles. The first-order valence-electron chi connectivity index (χ1n) is 10.1. The summed E-state index contributed by atoms with van der Waals surface area (Å²) in [7, 11) is -3.69. The first-order valence-corrected chi connectivity index (χ1v) is 11.5. The Balaban J connectivity index is 1.35. The zero-order chi connectivity index (χ0) is 21.6. The number of fused-ring (bicyclic) bond motifs is 4. The van der Waals surface area contributed by atoms with Crippen molar-refractivity contribution in [2.75, 3.05) is 18.4 Å². The standard InChI is InChI=1S/C22H21N3O5S/c26-21-5-1-3-19-16-11-15(13-25(19)21)12-24(14-16)31(28,29)18-8-6-17(7-9-18)23-22(27)20-4-2-10-30-20/h1-10,15-16H,11-14H2,(H,23,27)/t15-,16-/m0/s1. The quantitative estimate of drug-likeness (QED) is 0.673. The predicted octanol–water partition coefficient (Wildman–Crippen LogP) is 2.50. The highest BCUT2D eigenvalue weighted by Crippen LogP contribution is 2.37. The maximum atomic E-state index is 13.3. The number of amides is 1. The second-order valence-electron chi connectivity index (χ2n) is 7.98. The average molecular weight is 439 g/mol. The predicted molar refractivity (Wildman–Crippen MR) is 113 cm³/mol. The van der Waals surface area contributed by atoms with Crippen LogP contribution in [0.2, 0.25) is 0 Å². The summed E-state index contributed by atoms with van der Waals surface area (Å²) >= 11 is 0. The van der Waals surface area contributed by atoms with Gasteiger partial charge in [-0.15, -0.1) is 0 Å². The number of pyridine rings is 1. The van der Waals surface area contributed by atoms with Gasteiger partial charge in [-0.2, -0.15) is 4.31 Å². The van der Waals surface area contributed by atoms with Gasteiger partial charge in [0.25, 0.3) is 11.5 Å². The lowest BCUT2D eigenvalue weighted by Crippen LogP contribution is -2.48. The van der Waals surface area contributed by atoms with E-state index < -0.39 is 15.9 Å². The van der Waals surface area contributed by atoms with E-state index in [-0.39, 0.29) is 28.1 Å². The van der Waals surface area contributed by atoms with Gasteiger partial charge in [-0.1, -0.05) is 6.07 Å². The Morgan fingerprint density at radius 3 is 2.55 bits per heavy atom. The van der Waals surface area contributed by atoms with Crippen LogP contribution < -0.4 is 10.9 Å². The Kier molecular flexibility index (Phi) is 4.79. The minimum Gasteiger partial charge on any atom is -0.459 e. The van der Waals surface area contributed by atoms with E-state index in [1.807, 2.05) is 6.07 Å². The number of hydrogen-bond acceptors (Lipinski definition) is 5. The van der Waals surface area contributed by atoms with Crippen LogP contribution in [0.1, 0.15) is 28.6 Å². The minimum atomic E-state index is -3.69. The number of anilines is 1. The molecule has 2 aromatic heterocycles. The molecule has 1 fully saturated rings. The van der Waals surface area contributed by atoms with E-state index in [2.05, 4.69) is 5.32 Å². The summed E-state index contributed by atoms with van der Waals surface area (Å²) < 4.78 is 34.9. The number of hydrogen-bond donors (Lipinski definition) is 1. The molecular weight excluding hydrogens is 418 g/mol. The highest BCUT2D eigenvalue weighted by Gasteiger charge is 2.39. The molecule has 8 nitrogen and oxygen atoms in total. The van der Waals surface area contributed by atoms with Gasteiger partial charge in [-0.3, -0.25) is 9.59 Å². The van der Waals surface area contributed by atoms with Crippen LogP contribution in [-0.4, -0.2) is 36.3 Å². The molecule has 160 valence electrons. The van der Waals surface area contributed by atoms with Gasteiger partial charge in [0.2, 0.25) is 10.0 Å². The van der Waals surface area contributed by atoms with Crippen molar-refractivity contribution in [2.24, 2.45) is 5.92 Å². The number of carbonyl (C=O) groups is 1. The number of aromatic nitrogens is 1. The van der Waals surface area contributed by atoms with Crippen LogP contribution in [0.4, 0.5) is 5.69 Å². The van der Waals surface area contributed by atoms with Crippen molar-refractivity contribution < 1.29 is 17.6 Å². The molecule has 5 rings (SSSR count). The lowest BCUT2D eigenvalue weighted by molar-refractivity contribution is 0.0996. The minimum absolute atomic E-state index is 0.00281. The normalized spacial score (nSPS) is 20.8. The van der Waals surface area contributed by atoms with E-state index in [0.29, 0.717) is 25.3 Å². The third-order valence-corrected chi connectivity index (χ3v) is 7.79. The molecule has 31 heavy (non-hydrogen) atoms. The fourth-order valence-corrected chi connectivity index (χ4v) is 6.07. The molecule has 2 aliphatic rings. The van der Waals surface area contributed by atoms with Crippen LogP contribution in [0, 0.1) is 5.92 Å². The topological polar surface area (TPSA) is 102 Å². The van der Waals surface area contributed by atoms with Crippen molar-refractivity contribution in [3.8, 4) is 0 Å². The molecule has 3 aromatic rings. The molecule has 4 heterocycles. The van der Waals surface area contributed by atoms with Crippen molar-refractivity contribution in [1.29, 1.82) is 0 Å². The Morgan fingerprint density at radius 1 is 1.00 bits per heavy atom. The van der Waals surface area contributed by atoms with Crippen molar-refractivity contribution in [1.82, 2.24) is 8.87 Å². The number of rotatable bonds is 4. The molecule has 0 radical (unpaired) electrons. The molecule has 9 heteroatoms. The third kappa shape index (κ3) is 3.60. The van der Waals surface area contributed by atoms with Crippen molar-refractivity contribution in [3.05, 3.63) is 82.7 Å². The summed E-state index contributed by atoms with van der Waals surface area (Å²) in [4.78, 5) is 24.4. The van der Waals surface area contributed by atoms with Gasteiger partial charge in [0, 0.05) is 43.0 Å². The van der Waals surface area contributed by atoms with E-state index in [9.17, 15) is 18.0 Å². The molecule has 0 aliphatic carbocycles. The number of nitrogens with one attached hydrogen (secondary N) is 1. The van der Waals surface area contributed by atoms with Gasteiger partial charge in [0.1, 0.15) is 0 Å². The first-order chi connectivity index (χ1) is 14.9. The maximum absolute atomic E-state index is 13.3. The van der Waals surface area contributed by atoms with Crippen molar-refractivity contribution >= 4 is 21.6 Å². The molecule has 0 saturated carbocycles. The molecule has 1 N–H and O–H groups in total. The van der Waals surface area contributed by atoms with Gasteiger partial charge in [0.05, 0.1) is 11.2 Å². The summed E-state index contributed by atoms with van der Waals surface area (Å²) in [6.45, 7) is 1.27. The van der Waals surface area contributed by atoms with E-state index in [0.717, 1.165) is 12.1 Å². The van der Waals surface area contributed by atoms with Crippen LogP contribution in [0.3, 0.4) is 0 Å². The van der Waals surface area contributed by atoms with Crippen LogP contribution in [-0.2, 0) is 16.6 Å². The summed E-state index contributed by atoms with van der Waals surface area (Å²) in [5.41, 5.74) is 1.35. The molecule has 0 spiro atoms. The first kappa shape index (κ1) is 19.8. The molecule has 0 unspecified atom stereocenters. The Morgan fingerprint density at radius 2 is 1.81 bits per heavy atom. The smallest absolute Gasteiger partial charge is 0.291 e. The third-order valence-electron chi connectivity index (χ3n) is 5.94. The maximum Gasteiger partial charge on any atom is 0.291 e. The summed E-state index contributed by atoms with van der Waals surface area (Å²) in [6.07, 6.45) is 2.29. The van der Waals surface area contributed by atoms with Gasteiger partial charge < -0.3 is 14.3 Å². The Bertz CT molecular complexity index is 1280. The lowest BCUT2D eigenvalue weighted by Gasteiger charge is -2.42. The number of piperidine rings is 1. The number of furan rings is 1. The van der Waals surface area contributed by atoms with Crippen LogP contribution in [0.15, 0.2) is 75.0 Å². The van der Waals surface area contributed by atoms with Crippen molar-refractivity contribution in [3.63, 3.8) is 0 Å². The average Bonchev–Trinajstić information content (AvgIpc) is 3.30. The Labute approximate surface area is 179 Å². The molecular formula is C22H21N3O5S. The lowest BCUT2D eigenvalue weighted by atomic mass is 9.84. The summed E-state index contributed by atoms with van der Waals surface area (Å²) in [5.74, 6) is -0.120. The summed E-state index contributed by atoms with van der Waals surface area (Å²) in [6, 6.07) is 14.5. The van der Waals surface area contributed by atoms with Crippen LogP contribution in [0.25, 0.3) is 0 Å². The fraction of sp³-hybridized carbons (Fsp3) is 0.273.